The number of nitrogens with zero attached hydrogens (tertiary/aromatic N) is 3. The molecule has 26 heavy (non-hydrogen) atoms. The van der Waals surface area contributed by atoms with Gasteiger partial charge in [-0.1, -0.05) is 23.7 Å². The van der Waals surface area contributed by atoms with Crippen molar-refractivity contribution in [3.05, 3.63) is 57.6 Å². The smallest absolute Gasteiger partial charge is 0.307 e. The largest absolute Gasteiger partial charge is 0.481 e. The molecular formula is C19H16ClN3O2S. The number of aliphatic carboxylic acids is 1. The number of fused-ring (bicyclic) bond motifs is 1. The Morgan fingerprint density at radius 2 is 2.00 bits per heavy atom. The van der Waals surface area contributed by atoms with Gasteiger partial charge in [-0.15, -0.1) is 11.3 Å². The standard InChI is InChI=1S/C19H16ClN3O2S/c1-11-14-8-9-23(13-4-2-12(3-5-13)10-17(24)25)19(14)22-18(21-11)15-6-7-16(20)26-15/h2-7H,8-10H2,1H3,(H,24,25). The van der Waals surface area contributed by atoms with Crippen molar-refractivity contribution in [1.82, 2.24) is 9.97 Å². The summed E-state index contributed by atoms with van der Waals surface area (Å²) in [5.74, 6) is 0.780. The third-order valence-electron chi connectivity index (χ3n) is 4.43. The fraction of sp³-hybridized carbons (Fsp3) is 0.211. The summed E-state index contributed by atoms with van der Waals surface area (Å²) in [6.45, 7) is 2.84. The minimum absolute atomic E-state index is 0.0292. The predicted molar refractivity (Wildman–Crippen MR) is 104 cm³/mol. The van der Waals surface area contributed by atoms with Gasteiger partial charge in [-0.25, -0.2) is 9.97 Å². The average Bonchev–Trinajstić information content (AvgIpc) is 3.22. The molecule has 3 aromatic rings. The Bertz CT molecular complexity index is 985. The second-order valence-corrected chi connectivity index (χ2v) is 7.89. The van der Waals surface area contributed by atoms with E-state index in [-0.39, 0.29) is 6.42 Å². The van der Waals surface area contributed by atoms with Crippen LogP contribution in [-0.4, -0.2) is 27.6 Å². The molecule has 0 spiro atoms. The molecule has 1 aliphatic rings. The first-order valence-electron chi connectivity index (χ1n) is 8.23. The normalized spacial score (nSPS) is 13.1. The van der Waals surface area contributed by atoms with E-state index in [2.05, 4.69) is 9.88 Å². The lowest BCUT2D eigenvalue weighted by atomic mass is 10.1. The molecule has 5 nitrogen and oxygen atoms in total. The lowest BCUT2D eigenvalue weighted by Crippen LogP contribution is -2.14. The van der Waals surface area contributed by atoms with Crippen LogP contribution in [0.3, 0.4) is 0 Å². The maximum absolute atomic E-state index is 10.8. The first kappa shape index (κ1) is 17.0. The first-order valence-corrected chi connectivity index (χ1v) is 9.42. The summed E-state index contributed by atoms with van der Waals surface area (Å²) in [7, 11) is 0. The summed E-state index contributed by atoms with van der Waals surface area (Å²) in [4.78, 5) is 23.4. The van der Waals surface area contributed by atoms with E-state index in [0.717, 1.165) is 46.2 Å². The number of aromatic nitrogens is 2. The number of rotatable bonds is 4. The molecule has 1 N–H and O–H groups in total. The maximum Gasteiger partial charge on any atom is 0.307 e. The summed E-state index contributed by atoms with van der Waals surface area (Å²) < 4.78 is 0.715. The molecule has 2 aromatic heterocycles. The minimum atomic E-state index is -0.827. The van der Waals surface area contributed by atoms with Gasteiger partial charge in [-0.3, -0.25) is 4.79 Å². The Morgan fingerprint density at radius 1 is 1.23 bits per heavy atom. The van der Waals surface area contributed by atoms with Gasteiger partial charge in [-0.05, 0) is 43.2 Å². The number of carbonyl (C=O) groups is 1. The van der Waals surface area contributed by atoms with Crippen LogP contribution in [0.2, 0.25) is 4.34 Å². The molecule has 132 valence electrons. The second-order valence-electron chi connectivity index (χ2n) is 6.18. The molecule has 3 heterocycles. The van der Waals surface area contributed by atoms with Crippen molar-refractivity contribution in [2.24, 2.45) is 0 Å². The Hall–Kier alpha value is -2.44. The number of halogens is 1. The van der Waals surface area contributed by atoms with E-state index in [9.17, 15) is 4.79 Å². The highest BCUT2D eigenvalue weighted by atomic mass is 35.5. The van der Waals surface area contributed by atoms with Gasteiger partial charge in [0.2, 0.25) is 0 Å². The Morgan fingerprint density at radius 3 is 2.65 bits per heavy atom. The first-order chi connectivity index (χ1) is 12.5. The fourth-order valence-electron chi connectivity index (χ4n) is 3.19. The SMILES string of the molecule is Cc1nc(-c2ccc(Cl)s2)nc2c1CCN2c1ccc(CC(=O)O)cc1. The van der Waals surface area contributed by atoms with E-state index in [1.807, 2.05) is 43.3 Å². The monoisotopic (exact) mass is 385 g/mol. The van der Waals surface area contributed by atoms with Crippen molar-refractivity contribution in [3.8, 4) is 10.7 Å². The van der Waals surface area contributed by atoms with Crippen LogP contribution in [0.25, 0.3) is 10.7 Å². The van der Waals surface area contributed by atoms with E-state index < -0.39 is 5.97 Å². The maximum atomic E-state index is 10.8. The van der Waals surface area contributed by atoms with Gasteiger partial charge < -0.3 is 10.0 Å². The molecule has 1 aliphatic heterocycles. The number of carboxylic acids is 1. The molecule has 0 atom stereocenters. The molecule has 0 unspecified atom stereocenters. The molecular weight excluding hydrogens is 370 g/mol. The third-order valence-corrected chi connectivity index (χ3v) is 5.66. The molecule has 0 radical (unpaired) electrons. The van der Waals surface area contributed by atoms with E-state index in [1.54, 1.807) is 0 Å². The van der Waals surface area contributed by atoms with Gasteiger partial charge >= 0.3 is 5.97 Å². The number of hydrogen-bond acceptors (Lipinski definition) is 5. The molecule has 0 saturated carbocycles. The molecule has 0 bridgehead atoms. The van der Waals surface area contributed by atoms with Crippen molar-refractivity contribution in [3.63, 3.8) is 0 Å². The minimum Gasteiger partial charge on any atom is -0.481 e. The molecule has 0 saturated heterocycles. The Kier molecular flexibility index (Phi) is 4.38. The van der Waals surface area contributed by atoms with Gasteiger partial charge in [0.15, 0.2) is 5.82 Å². The lowest BCUT2D eigenvalue weighted by molar-refractivity contribution is -0.136. The number of benzene rings is 1. The zero-order valence-corrected chi connectivity index (χ0v) is 15.6. The zero-order chi connectivity index (χ0) is 18.3. The molecule has 7 heteroatoms. The van der Waals surface area contributed by atoms with Gasteiger partial charge in [0.25, 0.3) is 0 Å². The van der Waals surface area contributed by atoms with Crippen molar-refractivity contribution in [1.29, 1.82) is 0 Å². The van der Waals surface area contributed by atoms with Gasteiger partial charge in [0.05, 0.1) is 15.6 Å². The quantitative estimate of drug-likeness (QED) is 0.716. The van der Waals surface area contributed by atoms with E-state index in [0.29, 0.717) is 10.2 Å². The van der Waals surface area contributed by atoms with Crippen LogP contribution in [0.4, 0.5) is 11.5 Å². The number of carboxylic acid groups (broad SMARTS) is 1. The predicted octanol–water partition coefficient (Wildman–Crippen LogP) is 4.49. The van der Waals surface area contributed by atoms with E-state index >= 15 is 0 Å². The van der Waals surface area contributed by atoms with Crippen molar-refractivity contribution < 1.29 is 9.90 Å². The molecule has 0 fully saturated rings. The van der Waals surface area contributed by atoms with E-state index in [4.69, 9.17) is 21.7 Å². The fourth-order valence-corrected chi connectivity index (χ4v) is 4.17. The molecule has 0 aliphatic carbocycles. The van der Waals surface area contributed by atoms with Crippen LogP contribution in [-0.2, 0) is 17.6 Å². The van der Waals surface area contributed by atoms with Gasteiger partial charge in [0.1, 0.15) is 5.82 Å². The van der Waals surface area contributed by atoms with Crippen LogP contribution < -0.4 is 4.90 Å². The Balaban J connectivity index is 1.70. The van der Waals surface area contributed by atoms with Crippen molar-refractivity contribution >= 4 is 40.4 Å². The van der Waals surface area contributed by atoms with Crippen LogP contribution in [0.15, 0.2) is 36.4 Å². The van der Waals surface area contributed by atoms with Crippen LogP contribution in [0, 0.1) is 6.92 Å². The highest BCUT2D eigenvalue weighted by molar-refractivity contribution is 7.19. The summed E-state index contributed by atoms with van der Waals surface area (Å²) in [5, 5.41) is 8.91. The number of hydrogen-bond donors (Lipinski definition) is 1. The summed E-state index contributed by atoms with van der Waals surface area (Å²) in [6.07, 6.45) is 0.922. The van der Waals surface area contributed by atoms with Crippen LogP contribution in [0.1, 0.15) is 16.8 Å². The number of anilines is 2. The summed E-state index contributed by atoms with van der Waals surface area (Å²) in [5.41, 5.74) is 3.94. The van der Waals surface area contributed by atoms with E-state index in [1.165, 1.54) is 11.3 Å². The highest BCUT2D eigenvalue weighted by Crippen LogP contribution is 2.37. The molecule has 4 rings (SSSR count). The lowest BCUT2D eigenvalue weighted by Gasteiger charge is -2.19. The summed E-state index contributed by atoms with van der Waals surface area (Å²) in [6, 6.07) is 11.4. The third kappa shape index (κ3) is 3.18. The zero-order valence-electron chi connectivity index (χ0n) is 14.1. The van der Waals surface area contributed by atoms with Crippen LogP contribution >= 0.6 is 22.9 Å². The number of thiophene rings is 1. The summed E-state index contributed by atoms with van der Waals surface area (Å²) >= 11 is 7.52. The number of aryl methyl sites for hydroxylation is 1. The topological polar surface area (TPSA) is 66.3 Å². The van der Waals surface area contributed by atoms with Crippen LogP contribution in [0.5, 0.6) is 0 Å². The van der Waals surface area contributed by atoms with Gasteiger partial charge in [-0.2, -0.15) is 0 Å². The van der Waals surface area contributed by atoms with Crippen molar-refractivity contribution in [2.45, 2.75) is 19.8 Å². The molecule has 1 aromatic carbocycles. The Labute approximate surface area is 159 Å². The molecule has 0 amide bonds. The van der Waals surface area contributed by atoms with Crippen molar-refractivity contribution in [2.75, 3.05) is 11.4 Å². The highest BCUT2D eigenvalue weighted by Gasteiger charge is 2.26. The van der Waals surface area contributed by atoms with Gasteiger partial charge in [0, 0.05) is 23.5 Å². The average molecular weight is 386 g/mol. The second kappa shape index (κ2) is 6.70.